The van der Waals surface area contributed by atoms with Gasteiger partial charge >= 0.3 is 12.4 Å². The minimum atomic E-state index is -4.40. The number of alkyl halides is 7. The van der Waals surface area contributed by atoms with Crippen LogP contribution in [0.5, 0.6) is 0 Å². The molecule has 2 N–H and O–H groups in total. The van der Waals surface area contributed by atoms with Crippen molar-refractivity contribution < 1.29 is 134 Å². The summed E-state index contributed by atoms with van der Waals surface area (Å²) in [6.07, 6.45) is -11.0. The quantitative estimate of drug-likeness (QED) is 0.166. The summed E-state index contributed by atoms with van der Waals surface area (Å²) in [6.45, 7) is 8.16. The van der Waals surface area contributed by atoms with Gasteiger partial charge in [-0.25, -0.2) is 0 Å². The van der Waals surface area contributed by atoms with Gasteiger partial charge in [0.1, 0.15) is 17.3 Å². The van der Waals surface area contributed by atoms with Crippen molar-refractivity contribution in [2.45, 2.75) is 64.4 Å². The molecule has 1 unspecified atom stereocenters. The van der Waals surface area contributed by atoms with Crippen molar-refractivity contribution in [3.8, 4) is 0 Å². The average Bonchev–Trinajstić information content (AvgIpc) is 2.20. The van der Waals surface area contributed by atoms with E-state index in [0.717, 1.165) is 13.8 Å². The van der Waals surface area contributed by atoms with Crippen LogP contribution in [0, 0.1) is 88.1 Å². The van der Waals surface area contributed by atoms with E-state index in [9.17, 15) is 35.9 Å². The maximum absolute atomic E-state index is 11.3. The molecule has 28 heavy (non-hydrogen) atoms. The van der Waals surface area contributed by atoms with Gasteiger partial charge in [0.25, 0.3) is 0 Å². The van der Waals surface area contributed by atoms with Crippen molar-refractivity contribution in [2.24, 2.45) is 0 Å². The third-order valence-electron chi connectivity index (χ3n) is 1.25. The van der Waals surface area contributed by atoms with E-state index in [0.29, 0.717) is 6.42 Å². The topological polar surface area (TPSA) is 74.6 Å². The summed E-state index contributed by atoms with van der Waals surface area (Å²) >= 11 is 9.68. The predicted molar refractivity (Wildman–Crippen MR) is 87.1 cm³/mol. The van der Waals surface area contributed by atoms with E-state index in [4.69, 9.17) is 33.4 Å². The molecule has 0 aromatic rings. The molecule has 0 aliphatic rings. The largest absolute Gasteiger partial charge is 0.513 e. The van der Waals surface area contributed by atoms with Crippen LogP contribution in [-0.2, 0) is 9.59 Å². The van der Waals surface area contributed by atoms with Crippen LogP contribution in [0.2, 0.25) is 0 Å². The van der Waals surface area contributed by atoms with Gasteiger partial charge in [-0.05, 0) is 32.4 Å². The fraction of sp³-hybridized carbons (Fsp3) is 0.714. The molecular formula is C14H22Ac2Cl2F6O4. The Labute approximate surface area is 241 Å². The van der Waals surface area contributed by atoms with Gasteiger partial charge in [-0.1, -0.05) is 25.1 Å². The van der Waals surface area contributed by atoms with Crippen molar-refractivity contribution in [1.82, 2.24) is 0 Å². The fourth-order valence-electron chi connectivity index (χ4n) is 0.648. The number of aliphatic hydroxyl groups is 2. The average molecular weight is 893 g/mol. The van der Waals surface area contributed by atoms with E-state index in [1.165, 1.54) is 6.92 Å². The fourth-order valence-corrected chi connectivity index (χ4v) is 0.800. The molecule has 0 amide bonds. The summed E-state index contributed by atoms with van der Waals surface area (Å²) in [5.74, 6) is -0.683. The molecule has 0 aromatic heterocycles. The SMILES string of the molecule is C=C(C)O.CC(=O)CC(F)(F)F.CC(O)(Cl)CC(F)(F)F.CCC(=O)Cl.[Ac].[Ac]. The molecule has 1 atom stereocenters. The molecule has 0 heterocycles. The van der Waals surface area contributed by atoms with Crippen LogP contribution in [0.25, 0.3) is 0 Å². The maximum Gasteiger partial charge on any atom is 0.395 e. The maximum atomic E-state index is 11.3. The van der Waals surface area contributed by atoms with Crippen molar-refractivity contribution in [3.05, 3.63) is 12.3 Å². The Morgan fingerprint density at radius 2 is 1.25 bits per heavy atom. The van der Waals surface area contributed by atoms with Gasteiger partial charge in [0.2, 0.25) is 5.24 Å². The first kappa shape index (κ1) is 43.7. The summed E-state index contributed by atoms with van der Waals surface area (Å²) in [5.41, 5.74) is 0. The Bertz CT molecular complexity index is 410. The van der Waals surface area contributed by atoms with E-state index < -0.39 is 36.0 Å². The smallest absolute Gasteiger partial charge is 0.395 e. The zero-order valence-electron chi connectivity index (χ0n) is 15.7. The van der Waals surface area contributed by atoms with Gasteiger partial charge in [-0.2, -0.15) is 26.3 Å². The van der Waals surface area contributed by atoms with Crippen LogP contribution < -0.4 is 0 Å². The number of allylic oxidation sites excluding steroid dienone is 1. The molecule has 0 fully saturated rings. The number of halogens is 8. The van der Waals surface area contributed by atoms with E-state index in [1.54, 1.807) is 6.92 Å². The summed E-state index contributed by atoms with van der Waals surface area (Å²) in [4.78, 5) is 19.3. The van der Waals surface area contributed by atoms with Gasteiger partial charge in [0.15, 0.2) is 0 Å². The second-order valence-electron chi connectivity index (χ2n) is 4.87. The van der Waals surface area contributed by atoms with Crippen molar-refractivity contribution in [3.63, 3.8) is 0 Å². The number of carbonyl (C=O) groups excluding carboxylic acids is 2. The number of rotatable bonds is 3. The number of hydrogen-bond donors (Lipinski definition) is 2. The summed E-state index contributed by atoms with van der Waals surface area (Å²) < 4.78 is 67.2. The first-order valence-corrected chi connectivity index (χ1v) is 7.45. The molecule has 14 heteroatoms. The van der Waals surface area contributed by atoms with Gasteiger partial charge < -0.3 is 10.2 Å². The summed E-state index contributed by atoms with van der Waals surface area (Å²) in [7, 11) is 0. The van der Waals surface area contributed by atoms with E-state index in [2.05, 4.69) is 6.58 Å². The number of ketones is 1. The van der Waals surface area contributed by atoms with Crippen molar-refractivity contribution in [1.29, 1.82) is 0 Å². The second-order valence-corrected chi connectivity index (χ2v) is 6.11. The minimum Gasteiger partial charge on any atom is -0.513 e. The Kier molecular flexibility index (Phi) is 34.5. The van der Waals surface area contributed by atoms with E-state index in [1.807, 2.05) is 0 Å². The molecule has 0 aromatic carbocycles. The molecule has 0 aliphatic carbocycles. The minimum absolute atomic E-state index is 0. The van der Waals surface area contributed by atoms with Gasteiger partial charge in [0.05, 0.1) is 12.2 Å². The second kappa shape index (κ2) is 22.1. The molecule has 0 spiro atoms. The first-order chi connectivity index (χ1) is 11.1. The predicted octanol–water partition coefficient (Wildman–Crippen LogP) is 5.65. The molecule has 2 radical (unpaired) electrons. The van der Waals surface area contributed by atoms with Crippen LogP contribution in [0.3, 0.4) is 0 Å². The Morgan fingerprint density at radius 1 is 1.00 bits per heavy atom. The van der Waals surface area contributed by atoms with Gasteiger partial charge in [-0.15, -0.1) is 0 Å². The number of aliphatic hydroxyl groups excluding tert-OH is 1. The number of hydrogen-bond acceptors (Lipinski definition) is 4. The normalized spacial score (nSPS) is 11.8. The number of carbonyl (C=O) groups is 2. The molecule has 4 nitrogen and oxygen atoms in total. The van der Waals surface area contributed by atoms with E-state index in [-0.39, 0.29) is 99.1 Å². The van der Waals surface area contributed by atoms with Crippen LogP contribution in [0.1, 0.15) is 47.0 Å². The molecule has 164 valence electrons. The molecular weight excluding hydrogens is 871 g/mol. The Balaban J connectivity index is -0.0000000588. The van der Waals surface area contributed by atoms with Crippen LogP contribution in [-0.4, -0.2) is 38.7 Å². The Hall–Kier alpha value is 1.88. The van der Waals surface area contributed by atoms with Crippen molar-refractivity contribution >= 4 is 34.2 Å². The zero-order chi connectivity index (χ0) is 22.4. The standard InChI is InChI=1S/C4H6ClF3O.C4H5F3O.C3H5ClO.C3H6O.2Ac/c1-3(5,9)2-4(6,7)8;1-3(8)2-4(5,6)7;1-2-3(4)5;1-3(2)4;;/h9H,2H2,1H3;2H2,1H3;2H2,1H3;4H,1H2,2H3;;. The number of Topliss-reactive ketones (excluding diaryl/α,β-unsaturated/α-hetero) is 1. The van der Waals surface area contributed by atoms with E-state index >= 15 is 0 Å². The third kappa shape index (κ3) is 91.0. The molecule has 0 saturated carbocycles. The van der Waals surface area contributed by atoms with Gasteiger partial charge in [-0.3, -0.25) is 9.59 Å². The van der Waals surface area contributed by atoms with Crippen LogP contribution in [0.15, 0.2) is 12.3 Å². The summed E-state index contributed by atoms with van der Waals surface area (Å²) in [6, 6.07) is 0. The van der Waals surface area contributed by atoms with Crippen LogP contribution >= 0.6 is 23.2 Å². The molecule has 0 saturated heterocycles. The third-order valence-corrected chi connectivity index (χ3v) is 1.65. The van der Waals surface area contributed by atoms with Crippen molar-refractivity contribution in [2.75, 3.05) is 0 Å². The molecule has 0 bridgehead atoms. The summed E-state index contributed by atoms with van der Waals surface area (Å²) in [5, 5.41) is 13.8. The Morgan fingerprint density at radius 3 is 1.25 bits per heavy atom. The van der Waals surface area contributed by atoms with Crippen LogP contribution in [0.4, 0.5) is 26.3 Å². The molecule has 0 aliphatic heterocycles. The zero-order valence-corrected chi connectivity index (χ0v) is 26.7. The first-order valence-electron chi connectivity index (χ1n) is 6.70. The monoisotopic (exact) mass is 892 g/mol. The molecule has 0 rings (SSSR count). The van der Waals surface area contributed by atoms with Gasteiger partial charge in [0, 0.05) is 94.5 Å².